The maximum atomic E-state index is 9.04. The largest absolute Gasteiger partial charge is 0.394 e. The standard InChI is InChI=1S/C8H13ClN4O/c1-8(2,4-14)13-6-5(9)3-11-7(10)12-6/h3,14H,4H2,1-2H3,(H3,10,11,12,13). The van der Waals surface area contributed by atoms with Crippen molar-refractivity contribution in [2.24, 2.45) is 0 Å². The van der Waals surface area contributed by atoms with Crippen LogP contribution in [0.25, 0.3) is 0 Å². The number of aromatic nitrogens is 2. The Labute approximate surface area is 87.3 Å². The van der Waals surface area contributed by atoms with Crippen molar-refractivity contribution in [1.29, 1.82) is 0 Å². The van der Waals surface area contributed by atoms with Gasteiger partial charge < -0.3 is 16.2 Å². The lowest BCUT2D eigenvalue weighted by Gasteiger charge is -2.24. The molecule has 0 saturated heterocycles. The van der Waals surface area contributed by atoms with E-state index in [0.717, 1.165) is 0 Å². The molecule has 0 amide bonds. The van der Waals surface area contributed by atoms with Crippen LogP contribution < -0.4 is 11.1 Å². The lowest BCUT2D eigenvalue weighted by molar-refractivity contribution is 0.234. The van der Waals surface area contributed by atoms with Gasteiger partial charge in [-0.1, -0.05) is 11.6 Å². The molecule has 78 valence electrons. The molecule has 0 atom stereocenters. The van der Waals surface area contributed by atoms with Crippen LogP contribution in [0.2, 0.25) is 5.02 Å². The van der Waals surface area contributed by atoms with Crippen molar-refractivity contribution in [3.8, 4) is 0 Å². The van der Waals surface area contributed by atoms with E-state index >= 15 is 0 Å². The van der Waals surface area contributed by atoms with Gasteiger partial charge in [-0.15, -0.1) is 0 Å². The van der Waals surface area contributed by atoms with Crippen molar-refractivity contribution >= 4 is 23.4 Å². The summed E-state index contributed by atoms with van der Waals surface area (Å²) < 4.78 is 0. The molecule has 4 N–H and O–H groups in total. The van der Waals surface area contributed by atoms with E-state index in [9.17, 15) is 0 Å². The van der Waals surface area contributed by atoms with Crippen LogP contribution in [-0.2, 0) is 0 Å². The zero-order valence-electron chi connectivity index (χ0n) is 8.08. The van der Waals surface area contributed by atoms with E-state index in [-0.39, 0.29) is 12.6 Å². The highest BCUT2D eigenvalue weighted by Crippen LogP contribution is 2.21. The molecule has 5 nitrogen and oxygen atoms in total. The molecule has 1 aromatic rings. The fraction of sp³-hybridized carbons (Fsp3) is 0.500. The minimum Gasteiger partial charge on any atom is -0.394 e. The molecular weight excluding hydrogens is 204 g/mol. The highest BCUT2D eigenvalue weighted by atomic mass is 35.5. The first kappa shape index (κ1) is 11.0. The molecule has 0 aliphatic heterocycles. The summed E-state index contributed by atoms with van der Waals surface area (Å²) >= 11 is 5.83. The predicted octanol–water partition coefficient (Wildman–Crippen LogP) is 0.895. The Balaban J connectivity index is 2.91. The fourth-order valence-corrected chi connectivity index (χ4v) is 0.967. The first-order valence-corrected chi connectivity index (χ1v) is 4.49. The van der Waals surface area contributed by atoms with Crippen molar-refractivity contribution in [2.45, 2.75) is 19.4 Å². The summed E-state index contributed by atoms with van der Waals surface area (Å²) in [6.07, 6.45) is 1.42. The summed E-state index contributed by atoms with van der Waals surface area (Å²) in [5, 5.41) is 12.4. The van der Waals surface area contributed by atoms with Gasteiger partial charge in [-0.3, -0.25) is 0 Å². The number of nitrogens with zero attached hydrogens (tertiary/aromatic N) is 2. The highest BCUT2D eigenvalue weighted by molar-refractivity contribution is 6.32. The number of hydrogen-bond acceptors (Lipinski definition) is 5. The van der Waals surface area contributed by atoms with E-state index < -0.39 is 5.54 Å². The van der Waals surface area contributed by atoms with Gasteiger partial charge in [-0.05, 0) is 13.8 Å². The quantitative estimate of drug-likeness (QED) is 0.699. The third-order valence-electron chi connectivity index (χ3n) is 1.61. The normalized spacial score (nSPS) is 11.4. The second-order valence-electron chi connectivity index (χ2n) is 3.59. The number of halogens is 1. The van der Waals surface area contributed by atoms with Crippen LogP contribution >= 0.6 is 11.6 Å². The zero-order valence-corrected chi connectivity index (χ0v) is 8.84. The summed E-state index contributed by atoms with van der Waals surface area (Å²) in [6, 6.07) is 0. The van der Waals surface area contributed by atoms with Gasteiger partial charge in [0, 0.05) is 0 Å². The molecule has 0 bridgehead atoms. The Kier molecular flexibility index (Phi) is 3.13. The Hall–Kier alpha value is -1.07. The molecule has 0 aromatic carbocycles. The molecule has 0 fully saturated rings. The summed E-state index contributed by atoms with van der Waals surface area (Å²) in [5.41, 5.74) is 4.91. The molecule has 1 rings (SSSR count). The minimum atomic E-state index is -0.496. The Morgan fingerprint density at radius 1 is 1.64 bits per heavy atom. The van der Waals surface area contributed by atoms with Crippen LogP contribution in [-0.4, -0.2) is 27.2 Å². The summed E-state index contributed by atoms with van der Waals surface area (Å²) in [4.78, 5) is 7.65. The van der Waals surface area contributed by atoms with Crippen LogP contribution in [0.4, 0.5) is 11.8 Å². The second kappa shape index (κ2) is 3.98. The molecule has 0 aliphatic rings. The van der Waals surface area contributed by atoms with Gasteiger partial charge in [0.2, 0.25) is 5.95 Å². The topological polar surface area (TPSA) is 84.1 Å². The SMILES string of the molecule is CC(C)(CO)Nc1nc(N)ncc1Cl. The van der Waals surface area contributed by atoms with Crippen molar-refractivity contribution < 1.29 is 5.11 Å². The van der Waals surface area contributed by atoms with Crippen molar-refractivity contribution in [1.82, 2.24) is 9.97 Å². The van der Waals surface area contributed by atoms with Gasteiger partial charge in [0.15, 0.2) is 5.82 Å². The lowest BCUT2D eigenvalue weighted by Crippen LogP contribution is -2.35. The number of nitrogens with two attached hydrogens (primary N) is 1. The summed E-state index contributed by atoms with van der Waals surface area (Å²) in [5.74, 6) is 0.573. The number of nitrogens with one attached hydrogen (secondary N) is 1. The van der Waals surface area contributed by atoms with E-state index in [1.165, 1.54) is 6.20 Å². The lowest BCUT2D eigenvalue weighted by atomic mass is 10.1. The summed E-state index contributed by atoms with van der Waals surface area (Å²) in [6.45, 7) is 3.61. The highest BCUT2D eigenvalue weighted by Gasteiger charge is 2.18. The van der Waals surface area contributed by atoms with Gasteiger partial charge in [-0.25, -0.2) is 4.98 Å². The van der Waals surface area contributed by atoms with E-state index in [4.69, 9.17) is 22.4 Å². The van der Waals surface area contributed by atoms with Crippen LogP contribution in [0.15, 0.2) is 6.20 Å². The zero-order chi connectivity index (χ0) is 10.8. The van der Waals surface area contributed by atoms with Gasteiger partial charge >= 0.3 is 0 Å². The average molecular weight is 217 g/mol. The molecule has 0 spiro atoms. The van der Waals surface area contributed by atoms with E-state index in [0.29, 0.717) is 10.8 Å². The van der Waals surface area contributed by atoms with Crippen molar-refractivity contribution in [2.75, 3.05) is 17.7 Å². The van der Waals surface area contributed by atoms with Gasteiger partial charge in [0.25, 0.3) is 0 Å². The minimum absolute atomic E-state index is 0.0345. The van der Waals surface area contributed by atoms with Gasteiger partial charge in [-0.2, -0.15) is 4.98 Å². The van der Waals surface area contributed by atoms with E-state index in [1.54, 1.807) is 0 Å². The van der Waals surface area contributed by atoms with Crippen molar-refractivity contribution in [3.05, 3.63) is 11.2 Å². The van der Waals surface area contributed by atoms with Crippen LogP contribution in [0, 0.1) is 0 Å². The summed E-state index contributed by atoms with van der Waals surface area (Å²) in [7, 11) is 0. The molecule has 0 radical (unpaired) electrons. The van der Waals surface area contributed by atoms with Gasteiger partial charge in [0.05, 0.1) is 18.3 Å². The second-order valence-corrected chi connectivity index (χ2v) is 4.00. The monoisotopic (exact) mass is 216 g/mol. The molecule has 0 aliphatic carbocycles. The maximum absolute atomic E-state index is 9.04. The van der Waals surface area contributed by atoms with Crippen molar-refractivity contribution in [3.63, 3.8) is 0 Å². The molecule has 0 saturated carbocycles. The molecule has 14 heavy (non-hydrogen) atoms. The molecular formula is C8H13ClN4O. The molecule has 1 aromatic heterocycles. The third-order valence-corrected chi connectivity index (χ3v) is 1.89. The van der Waals surface area contributed by atoms with Crippen LogP contribution in [0.5, 0.6) is 0 Å². The average Bonchev–Trinajstić information content (AvgIpc) is 2.11. The number of anilines is 2. The van der Waals surface area contributed by atoms with Crippen LogP contribution in [0.1, 0.15) is 13.8 Å². The molecule has 6 heteroatoms. The number of rotatable bonds is 3. The number of aliphatic hydroxyl groups is 1. The predicted molar refractivity (Wildman–Crippen MR) is 56.2 cm³/mol. The fourth-order valence-electron chi connectivity index (χ4n) is 0.828. The number of hydrogen-bond donors (Lipinski definition) is 3. The third kappa shape index (κ3) is 2.71. The first-order chi connectivity index (χ1) is 6.44. The molecule has 0 unspecified atom stereocenters. The Bertz CT molecular complexity index is 329. The van der Waals surface area contributed by atoms with E-state index in [2.05, 4.69) is 15.3 Å². The first-order valence-electron chi connectivity index (χ1n) is 4.12. The van der Waals surface area contributed by atoms with Crippen LogP contribution in [0.3, 0.4) is 0 Å². The Morgan fingerprint density at radius 2 is 2.29 bits per heavy atom. The van der Waals surface area contributed by atoms with E-state index in [1.807, 2.05) is 13.8 Å². The molecule has 1 heterocycles. The Morgan fingerprint density at radius 3 is 2.86 bits per heavy atom. The smallest absolute Gasteiger partial charge is 0.222 e. The number of nitrogen functional groups attached to an aromatic ring is 1. The van der Waals surface area contributed by atoms with Gasteiger partial charge in [0.1, 0.15) is 5.02 Å². The maximum Gasteiger partial charge on any atom is 0.222 e. The number of aliphatic hydroxyl groups excluding tert-OH is 1.